The van der Waals surface area contributed by atoms with Crippen molar-refractivity contribution in [3.63, 3.8) is 0 Å². The minimum atomic E-state index is -0.283. The SMILES string of the molecule is Cc1noc(CCC(=O)Nc2cccc(OCc3ccc(F)cc3)c2)n1. The topological polar surface area (TPSA) is 77.2 Å². The summed E-state index contributed by atoms with van der Waals surface area (Å²) >= 11 is 0. The van der Waals surface area contributed by atoms with Gasteiger partial charge in [-0.2, -0.15) is 4.98 Å². The molecule has 0 aliphatic carbocycles. The molecule has 3 rings (SSSR count). The lowest BCUT2D eigenvalue weighted by atomic mass is 10.2. The van der Waals surface area contributed by atoms with Crippen LogP contribution in [0, 0.1) is 12.7 Å². The largest absolute Gasteiger partial charge is 0.489 e. The van der Waals surface area contributed by atoms with Gasteiger partial charge in [0.1, 0.15) is 18.2 Å². The lowest BCUT2D eigenvalue weighted by Gasteiger charge is -2.09. The molecule has 0 saturated carbocycles. The Morgan fingerprint density at radius 1 is 1.23 bits per heavy atom. The minimum absolute atomic E-state index is 0.156. The van der Waals surface area contributed by atoms with Gasteiger partial charge in [-0.3, -0.25) is 4.79 Å². The fourth-order valence-electron chi connectivity index (χ4n) is 2.30. The Morgan fingerprint density at radius 3 is 2.77 bits per heavy atom. The van der Waals surface area contributed by atoms with Crippen LogP contribution in [0.3, 0.4) is 0 Å². The van der Waals surface area contributed by atoms with Gasteiger partial charge in [-0.1, -0.05) is 23.4 Å². The number of aryl methyl sites for hydroxylation is 2. The zero-order valence-corrected chi connectivity index (χ0v) is 14.2. The summed E-state index contributed by atoms with van der Waals surface area (Å²) in [5, 5.41) is 6.49. The number of aromatic nitrogens is 2. The van der Waals surface area contributed by atoms with Crippen molar-refractivity contribution in [1.82, 2.24) is 10.1 Å². The van der Waals surface area contributed by atoms with Crippen LogP contribution in [0.4, 0.5) is 10.1 Å². The molecule has 0 aliphatic heterocycles. The molecule has 7 heteroatoms. The summed E-state index contributed by atoms with van der Waals surface area (Å²) in [5.74, 6) is 1.16. The molecule has 0 spiro atoms. The number of nitrogens with one attached hydrogen (secondary N) is 1. The predicted molar refractivity (Wildman–Crippen MR) is 93.2 cm³/mol. The second-order valence-electron chi connectivity index (χ2n) is 5.73. The zero-order valence-electron chi connectivity index (χ0n) is 14.2. The van der Waals surface area contributed by atoms with Crippen molar-refractivity contribution in [2.45, 2.75) is 26.4 Å². The number of amides is 1. The number of nitrogens with zero attached hydrogens (tertiary/aromatic N) is 2. The Labute approximate surface area is 150 Å². The molecule has 2 aromatic carbocycles. The second kappa shape index (κ2) is 8.24. The van der Waals surface area contributed by atoms with Gasteiger partial charge < -0.3 is 14.6 Å². The van der Waals surface area contributed by atoms with E-state index >= 15 is 0 Å². The Hall–Kier alpha value is -3.22. The lowest BCUT2D eigenvalue weighted by Crippen LogP contribution is -2.12. The smallest absolute Gasteiger partial charge is 0.227 e. The van der Waals surface area contributed by atoms with E-state index < -0.39 is 0 Å². The Bertz CT molecular complexity index is 878. The van der Waals surface area contributed by atoms with E-state index in [1.54, 1.807) is 43.3 Å². The maximum atomic E-state index is 12.9. The quantitative estimate of drug-likeness (QED) is 0.700. The highest BCUT2D eigenvalue weighted by atomic mass is 19.1. The molecule has 0 radical (unpaired) electrons. The van der Waals surface area contributed by atoms with Crippen LogP contribution < -0.4 is 10.1 Å². The fraction of sp³-hybridized carbons (Fsp3) is 0.211. The third-order valence-electron chi connectivity index (χ3n) is 3.57. The zero-order chi connectivity index (χ0) is 18.4. The number of carbonyl (C=O) groups is 1. The number of rotatable bonds is 7. The predicted octanol–water partition coefficient (Wildman–Crippen LogP) is 3.67. The normalized spacial score (nSPS) is 10.5. The van der Waals surface area contributed by atoms with Gasteiger partial charge in [0.05, 0.1) is 0 Å². The molecule has 1 N–H and O–H groups in total. The van der Waals surface area contributed by atoms with E-state index in [2.05, 4.69) is 15.5 Å². The minimum Gasteiger partial charge on any atom is -0.489 e. The fourth-order valence-corrected chi connectivity index (χ4v) is 2.30. The molecular weight excluding hydrogens is 337 g/mol. The van der Waals surface area contributed by atoms with E-state index in [0.29, 0.717) is 36.2 Å². The molecule has 0 bridgehead atoms. The monoisotopic (exact) mass is 355 g/mol. The molecule has 1 aromatic heterocycles. The van der Waals surface area contributed by atoms with Crippen molar-refractivity contribution in [2.75, 3.05) is 5.32 Å². The van der Waals surface area contributed by atoms with Crippen LogP contribution in [0.5, 0.6) is 5.75 Å². The summed E-state index contributed by atoms with van der Waals surface area (Å²) < 4.78 is 23.6. The number of anilines is 1. The third kappa shape index (κ3) is 5.14. The summed E-state index contributed by atoms with van der Waals surface area (Å²) in [6, 6.07) is 13.2. The van der Waals surface area contributed by atoms with E-state index in [1.807, 2.05) is 0 Å². The van der Waals surface area contributed by atoms with Crippen molar-refractivity contribution in [1.29, 1.82) is 0 Å². The average molecular weight is 355 g/mol. The van der Waals surface area contributed by atoms with Crippen LogP contribution in [-0.2, 0) is 17.8 Å². The van der Waals surface area contributed by atoms with Crippen molar-refractivity contribution in [3.05, 3.63) is 71.6 Å². The number of carbonyl (C=O) groups excluding carboxylic acids is 1. The van der Waals surface area contributed by atoms with E-state index in [4.69, 9.17) is 9.26 Å². The molecule has 0 aliphatic rings. The van der Waals surface area contributed by atoms with E-state index in [1.165, 1.54) is 12.1 Å². The molecule has 0 fully saturated rings. The van der Waals surface area contributed by atoms with Crippen LogP contribution in [0.25, 0.3) is 0 Å². The van der Waals surface area contributed by atoms with Gasteiger partial charge in [0, 0.05) is 24.6 Å². The summed E-state index contributed by atoms with van der Waals surface area (Å²) in [5.41, 5.74) is 1.49. The lowest BCUT2D eigenvalue weighted by molar-refractivity contribution is -0.116. The molecule has 6 nitrogen and oxygen atoms in total. The first-order valence-corrected chi connectivity index (χ1v) is 8.15. The van der Waals surface area contributed by atoms with Gasteiger partial charge in [0.2, 0.25) is 11.8 Å². The summed E-state index contributed by atoms with van der Waals surface area (Å²) in [6.45, 7) is 2.04. The van der Waals surface area contributed by atoms with Crippen molar-refractivity contribution < 1.29 is 18.4 Å². The molecule has 0 saturated heterocycles. The number of ether oxygens (including phenoxy) is 1. The highest BCUT2D eigenvalue weighted by molar-refractivity contribution is 5.90. The number of benzene rings is 2. The highest BCUT2D eigenvalue weighted by Gasteiger charge is 2.08. The molecule has 134 valence electrons. The van der Waals surface area contributed by atoms with E-state index in [0.717, 1.165) is 5.56 Å². The van der Waals surface area contributed by atoms with Gasteiger partial charge in [-0.25, -0.2) is 4.39 Å². The third-order valence-corrected chi connectivity index (χ3v) is 3.57. The van der Waals surface area contributed by atoms with E-state index in [9.17, 15) is 9.18 Å². The molecule has 26 heavy (non-hydrogen) atoms. The summed E-state index contributed by atoms with van der Waals surface area (Å²) in [7, 11) is 0. The van der Waals surface area contributed by atoms with Crippen molar-refractivity contribution in [3.8, 4) is 5.75 Å². The molecule has 0 atom stereocenters. The molecule has 3 aromatic rings. The van der Waals surface area contributed by atoms with Gasteiger partial charge in [-0.05, 0) is 36.8 Å². The van der Waals surface area contributed by atoms with Crippen LogP contribution >= 0.6 is 0 Å². The molecule has 0 unspecified atom stereocenters. The van der Waals surface area contributed by atoms with E-state index in [-0.39, 0.29) is 18.1 Å². The van der Waals surface area contributed by atoms with Gasteiger partial charge >= 0.3 is 0 Å². The Morgan fingerprint density at radius 2 is 2.04 bits per heavy atom. The van der Waals surface area contributed by atoms with Gasteiger partial charge in [0.25, 0.3) is 0 Å². The standard InChI is InChI=1S/C19H18FN3O3/c1-13-21-19(26-23-13)10-9-18(24)22-16-3-2-4-17(11-16)25-12-14-5-7-15(20)8-6-14/h2-8,11H,9-10,12H2,1H3,(H,22,24). The highest BCUT2D eigenvalue weighted by Crippen LogP contribution is 2.19. The molecule has 1 heterocycles. The molecule has 1 amide bonds. The van der Waals surface area contributed by atoms with Crippen LogP contribution in [0.2, 0.25) is 0 Å². The number of hydrogen-bond donors (Lipinski definition) is 1. The van der Waals surface area contributed by atoms with Crippen molar-refractivity contribution >= 4 is 11.6 Å². The first kappa shape index (κ1) is 17.6. The van der Waals surface area contributed by atoms with Crippen LogP contribution in [0.15, 0.2) is 53.1 Å². The first-order valence-electron chi connectivity index (χ1n) is 8.15. The van der Waals surface area contributed by atoms with Gasteiger partial charge in [0.15, 0.2) is 5.82 Å². The van der Waals surface area contributed by atoms with Crippen molar-refractivity contribution in [2.24, 2.45) is 0 Å². The number of hydrogen-bond acceptors (Lipinski definition) is 5. The Kier molecular flexibility index (Phi) is 5.58. The Balaban J connectivity index is 1.51. The average Bonchev–Trinajstić information content (AvgIpc) is 3.05. The first-order chi connectivity index (χ1) is 12.6. The molecular formula is C19H18FN3O3. The second-order valence-corrected chi connectivity index (χ2v) is 5.73. The van der Waals surface area contributed by atoms with Gasteiger partial charge in [-0.15, -0.1) is 0 Å². The van der Waals surface area contributed by atoms with Crippen LogP contribution in [-0.4, -0.2) is 16.0 Å². The maximum absolute atomic E-state index is 12.9. The maximum Gasteiger partial charge on any atom is 0.227 e. The summed E-state index contributed by atoms with van der Waals surface area (Å²) in [6.07, 6.45) is 0.621. The summed E-state index contributed by atoms with van der Waals surface area (Å²) in [4.78, 5) is 16.1. The number of halogens is 1. The van der Waals surface area contributed by atoms with Crippen LogP contribution in [0.1, 0.15) is 23.7 Å².